The van der Waals surface area contributed by atoms with Crippen LogP contribution >= 0.6 is 0 Å². The number of fused-ring (bicyclic) bond motifs is 1. The highest BCUT2D eigenvalue weighted by molar-refractivity contribution is 6.02. The van der Waals surface area contributed by atoms with Crippen molar-refractivity contribution in [3.05, 3.63) is 36.0 Å². The average Bonchev–Trinajstić information content (AvgIpc) is 2.62. The summed E-state index contributed by atoms with van der Waals surface area (Å²) in [7, 11) is 1.33. The van der Waals surface area contributed by atoms with Crippen LogP contribution in [-0.4, -0.2) is 37.4 Å². The molecule has 1 aliphatic heterocycles. The number of carbonyl (C=O) groups is 2. The third-order valence-electron chi connectivity index (χ3n) is 5.45. The summed E-state index contributed by atoms with van der Waals surface area (Å²) in [5.41, 5.74) is 0.244. The van der Waals surface area contributed by atoms with Gasteiger partial charge in [-0.25, -0.2) is 0 Å². The smallest absolute Gasteiger partial charge is 0.316 e. The Bertz CT molecular complexity index is 668. The third-order valence-corrected chi connectivity index (χ3v) is 5.45. The number of allylic oxidation sites excluding steroid dienone is 5. The summed E-state index contributed by atoms with van der Waals surface area (Å²) < 4.78 is 16.9. The first-order valence-corrected chi connectivity index (χ1v) is 10.0. The first kappa shape index (κ1) is 22.6. The number of ketones is 1. The van der Waals surface area contributed by atoms with Crippen molar-refractivity contribution in [2.24, 2.45) is 17.3 Å². The summed E-state index contributed by atoms with van der Waals surface area (Å²) in [6, 6.07) is 0. The number of Topliss-reactive ketones (excluding diaryl/α,β-unsaturated/α-hetero) is 1. The van der Waals surface area contributed by atoms with Crippen molar-refractivity contribution in [1.82, 2.24) is 0 Å². The number of esters is 1. The van der Waals surface area contributed by atoms with Crippen molar-refractivity contribution in [2.45, 2.75) is 65.8 Å². The second kappa shape index (κ2) is 9.19. The zero-order chi connectivity index (χ0) is 20.9. The van der Waals surface area contributed by atoms with Gasteiger partial charge in [-0.05, 0) is 53.9 Å². The molecular weight excluding hydrogens is 356 g/mol. The molecular formula is C23H34O5. The number of hydrogen-bond acceptors (Lipinski definition) is 5. The Hall–Kier alpha value is -1.72. The molecule has 1 heterocycles. The maximum Gasteiger partial charge on any atom is 0.316 e. The number of methoxy groups -OCH3 is 1. The van der Waals surface area contributed by atoms with E-state index in [9.17, 15) is 9.59 Å². The minimum Gasteiger partial charge on any atom is -0.468 e. The van der Waals surface area contributed by atoms with Crippen LogP contribution in [0.5, 0.6) is 0 Å². The van der Waals surface area contributed by atoms with Crippen LogP contribution in [0.4, 0.5) is 0 Å². The van der Waals surface area contributed by atoms with Crippen molar-refractivity contribution in [1.29, 1.82) is 0 Å². The van der Waals surface area contributed by atoms with E-state index in [1.54, 1.807) is 0 Å². The maximum absolute atomic E-state index is 13.1. The van der Waals surface area contributed by atoms with Crippen LogP contribution in [-0.2, 0) is 23.8 Å². The van der Waals surface area contributed by atoms with Gasteiger partial charge in [-0.1, -0.05) is 36.0 Å². The Morgan fingerprint density at radius 1 is 1.21 bits per heavy atom. The van der Waals surface area contributed by atoms with Crippen molar-refractivity contribution in [3.8, 4) is 0 Å². The van der Waals surface area contributed by atoms with Gasteiger partial charge in [-0.15, -0.1) is 0 Å². The highest BCUT2D eigenvalue weighted by Crippen LogP contribution is 2.32. The fourth-order valence-corrected chi connectivity index (χ4v) is 3.68. The van der Waals surface area contributed by atoms with Gasteiger partial charge < -0.3 is 14.2 Å². The van der Waals surface area contributed by atoms with E-state index in [0.29, 0.717) is 13.0 Å². The average molecular weight is 391 g/mol. The molecule has 1 unspecified atom stereocenters. The molecule has 156 valence electrons. The monoisotopic (exact) mass is 390 g/mol. The van der Waals surface area contributed by atoms with Gasteiger partial charge in [0.1, 0.15) is 5.92 Å². The molecule has 28 heavy (non-hydrogen) atoms. The highest BCUT2D eigenvalue weighted by Gasteiger charge is 2.37. The van der Waals surface area contributed by atoms with E-state index in [4.69, 9.17) is 14.2 Å². The Labute approximate surface area is 168 Å². The maximum atomic E-state index is 13.1. The normalized spacial score (nSPS) is 34.9. The summed E-state index contributed by atoms with van der Waals surface area (Å²) in [6.07, 6.45) is 11.9. The van der Waals surface area contributed by atoms with E-state index >= 15 is 0 Å². The summed E-state index contributed by atoms with van der Waals surface area (Å²) in [5, 5.41) is 0. The Morgan fingerprint density at radius 3 is 2.61 bits per heavy atom. The second-order valence-corrected chi connectivity index (χ2v) is 8.79. The van der Waals surface area contributed by atoms with Crippen LogP contribution in [0.1, 0.15) is 53.9 Å². The molecule has 0 radical (unpaired) electrons. The van der Waals surface area contributed by atoms with Crippen molar-refractivity contribution < 1.29 is 23.8 Å². The molecule has 0 aromatic rings. The predicted octanol–water partition coefficient (Wildman–Crippen LogP) is 4.38. The van der Waals surface area contributed by atoms with Gasteiger partial charge in [0.25, 0.3) is 0 Å². The zero-order valence-corrected chi connectivity index (χ0v) is 18.0. The van der Waals surface area contributed by atoms with E-state index in [2.05, 4.69) is 6.08 Å². The summed E-state index contributed by atoms with van der Waals surface area (Å²) in [5.74, 6) is -1.73. The fraction of sp³-hybridized carbons (Fsp3) is 0.652. The molecule has 1 fully saturated rings. The molecule has 1 saturated heterocycles. The van der Waals surface area contributed by atoms with E-state index < -0.39 is 23.1 Å². The van der Waals surface area contributed by atoms with Crippen molar-refractivity contribution in [2.75, 3.05) is 13.7 Å². The largest absolute Gasteiger partial charge is 0.468 e. The summed E-state index contributed by atoms with van der Waals surface area (Å²) >= 11 is 0. The third kappa shape index (κ3) is 5.89. The quantitative estimate of drug-likeness (QED) is 0.378. The molecule has 0 saturated carbocycles. The molecule has 1 aliphatic carbocycles. The summed E-state index contributed by atoms with van der Waals surface area (Å²) in [4.78, 5) is 25.3. The van der Waals surface area contributed by atoms with Crippen molar-refractivity contribution >= 4 is 11.8 Å². The van der Waals surface area contributed by atoms with Gasteiger partial charge in [0, 0.05) is 11.3 Å². The SMILES string of the molecule is COC(=O)C1C/C(C)=C/CC[C@@H]2COC(C)(C)O[C@@H]2/C=C/C=C/C(C)(C)C1=O. The molecule has 5 nitrogen and oxygen atoms in total. The molecule has 2 rings (SSSR count). The van der Waals surface area contributed by atoms with E-state index in [1.807, 2.05) is 58.9 Å². The van der Waals surface area contributed by atoms with Gasteiger partial charge in [0.2, 0.25) is 0 Å². The molecule has 0 spiro atoms. The predicted molar refractivity (Wildman–Crippen MR) is 109 cm³/mol. The fourth-order valence-electron chi connectivity index (χ4n) is 3.68. The molecule has 0 bridgehead atoms. The van der Waals surface area contributed by atoms with Gasteiger partial charge in [0.15, 0.2) is 11.6 Å². The van der Waals surface area contributed by atoms with E-state index in [0.717, 1.165) is 18.4 Å². The van der Waals surface area contributed by atoms with Crippen LogP contribution < -0.4 is 0 Å². The first-order chi connectivity index (χ1) is 13.1. The number of carbonyl (C=O) groups excluding carboxylic acids is 2. The molecule has 0 amide bonds. The topological polar surface area (TPSA) is 61.8 Å². The van der Waals surface area contributed by atoms with Gasteiger partial charge in [-0.3, -0.25) is 9.59 Å². The van der Waals surface area contributed by atoms with Gasteiger partial charge in [0.05, 0.1) is 19.8 Å². The lowest BCUT2D eigenvalue weighted by molar-refractivity contribution is -0.282. The number of ether oxygens (including phenoxy) is 3. The number of rotatable bonds is 1. The first-order valence-electron chi connectivity index (χ1n) is 10.0. The molecule has 0 aromatic carbocycles. The van der Waals surface area contributed by atoms with Gasteiger partial charge >= 0.3 is 5.97 Å². The molecule has 2 aliphatic rings. The standard InChI is InChI=1S/C23H34O5/c1-16-10-9-11-17-15-27-23(4,5)28-19(17)12-7-8-13-22(2,3)20(24)18(14-16)21(25)26-6/h7-8,10,12-13,17-19H,9,11,14-15H2,1-6H3/b12-7+,13-8+,16-10+/t17-,18?,19-/m1/s1. The lowest BCUT2D eigenvalue weighted by Gasteiger charge is -2.40. The van der Waals surface area contributed by atoms with Crippen LogP contribution in [0.3, 0.4) is 0 Å². The Morgan fingerprint density at radius 2 is 1.93 bits per heavy atom. The van der Waals surface area contributed by atoms with E-state index in [1.165, 1.54) is 7.11 Å². The summed E-state index contributed by atoms with van der Waals surface area (Å²) in [6.45, 7) is 10.1. The number of hydrogen-bond donors (Lipinski definition) is 0. The lowest BCUT2D eigenvalue weighted by atomic mass is 9.78. The van der Waals surface area contributed by atoms with Crippen LogP contribution in [0.2, 0.25) is 0 Å². The molecule has 5 heteroatoms. The van der Waals surface area contributed by atoms with Gasteiger partial charge in [-0.2, -0.15) is 0 Å². The van der Waals surface area contributed by atoms with Crippen LogP contribution in [0, 0.1) is 17.3 Å². The lowest BCUT2D eigenvalue weighted by Crippen LogP contribution is -2.44. The van der Waals surface area contributed by atoms with E-state index in [-0.39, 0.29) is 17.8 Å². The van der Waals surface area contributed by atoms with Crippen LogP contribution in [0.25, 0.3) is 0 Å². The Kier molecular flexibility index (Phi) is 7.40. The highest BCUT2D eigenvalue weighted by atomic mass is 16.7. The zero-order valence-electron chi connectivity index (χ0n) is 18.0. The molecule has 3 atom stereocenters. The molecule has 0 aromatic heterocycles. The molecule has 0 N–H and O–H groups in total. The Balaban J connectivity index is 2.33. The second-order valence-electron chi connectivity index (χ2n) is 8.79. The van der Waals surface area contributed by atoms with Crippen molar-refractivity contribution in [3.63, 3.8) is 0 Å². The minimum absolute atomic E-state index is 0.0355. The minimum atomic E-state index is -0.789. The van der Waals surface area contributed by atoms with Crippen LogP contribution in [0.15, 0.2) is 36.0 Å².